The predicted octanol–water partition coefficient (Wildman–Crippen LogP) is 7.77. The van der Waals surface area contributed by atoms with E-state index >= 15 is 0 Å². The van der Waals surface area contributed by atoms with Crippen LogP contribution >= 0.6 is 0 Å². The number of fused-ring (bicyclic) bond motifs is 2. The van der Waals surface area contributed by atoms with E-state index in [1.54, 1.807) is 0 Å². The fourth-order valence-electron chi connectivity index (χ4n) is 4.17. The van der Waals surface area contributed by atoms with Crippen LogP contribution in [0.4, 0.5) is 0 Å². The standard InChI is InChI=1S/C29H44O2.Sn/c1-26(2,3)20-14-18(24(30)22(16-20)28(7,8)9)13-19-15-21(27(4,5)6)17-23(25(19)31)29(10,11)12;/h14-17,30-31H,13H2,1-12H3;/q;+2/p-2. The zero-order valence-electron chi connectivity index (χ0n) is 22.3. The summed E-state index contributed by atoms with van der Waals surface area (Å²) < 4.78 is 13.0. The molecule has 2 nitrogen and oxygen atoms in total. The van der Waals surface area contributed by atoms with Crippen molar-refractivity contribution in [1.82, 2.24) is 0 Å². The second kappa shape index (κ2) is 8.25. The summed E-state index contributed by atoms with van der Waals surface area (Å²) >= 11 is -1.54. The van der Waals surface area contributed by atoms with E-state index in [1.807, 2.05) is 0 Å². The van der Waals surface area contributed by atoms with Crippen LogP contribution in [0.2, 0.25) is 0 Å². The van der Waals surface area contributed by atoms with E-state index in [-0.39, 0.29) is 21.7 Å². The molecule has 0 spiro atoms. The summed E-state index contributed by atoms with van der Waals surface area (Å²) in [6.45, 7) is 27.5. The van der Waals surface area contributed by atoms with Crippen LogP contribution in [0.3, 0.4) is 0 Å². The summed E-state index contributed by atoms with van der Waals surface area (Å²) in [5.74, 6) is 2.14. The Morgan fingerprint density at radius 3 is 1.16 bits per heavy atom. The van der Waals surface area contributed by atoms with E-state index in [2.05, 4.69) is 107 Å². The molecular formula is C29H42O2Sn. The molecule has 0 fully saturated rings. The van der Waals surface area contributed by atoms with Crippen molar-refractivity contribution in [2.24, 2.45) is 0 Å². The van der Waals surface area contributed by atoms with Gasteiger partial charge in [-0.05, 0) is 0 Å². The molecule has 2 aromatic rings. The van der Waals surface area contributed by atoms with E-state index in [9.17, 15) is 0 Å². The van der Waals surface area contributed by atoms with Gasteiger partial charge in [-0.15, -0.1) is 0 Å². The zero-order valence-corrected chi connectivity index (χ0v) is 25.2. The van der Waals surface area contributed by atoms with Gasteiger partial charge in [0, 0.05) is 0 Å². The summed E-state index contributed by atoms with van der Waals surface area (Å²) in [6.07, 6.45) is 0.837. The molecule has 3 heteroatoms. The summed E-state index contributed by atoms with van der Waals surface area (Å²) in [7, 11) is 0. The van der Waals surface area contributed by atoms with Gasteiger partial charge >= 0.3 is 208 Å². The van der Waals surface area contributed by atoms with E-state index in [4.69, 9.17) is 6.15 Å². The van der Waals surface area contributed by atoms with Gasteiger partial charge in [-0.25, -0.2) is 0 Å². The van der Waals surface area contributed by atoms with Crippen molar-refractivity contribution >= 4 is 22.0 Å². The summed E-state index contributed by atoms with van der Waals surface area (Å²) in [5, 5.41) is 0. The second-order valence-corrected chi connectivity index (χ2v) is 15.1. The Kier molecular flexibility index (Phi) is 6.57. The average Bonchev–Trinajstić information content (AvgIpc) is 2.57. The van der Waals surface area contributed by atoms with Gasteiger partial charge in [-0.1, -0.05) is 0 Å². The van der Waals surface area contributed by atoms with Crippen molar-refractivity contribution in [2.75, 3.05) is 0 Å². The average molecular weight is 541 g/mol. The SMILES string of the molecule is CC(C)(C)c1cc2c(c(C(C)(C)C)c1)[O][Sn][O]c1c(cc(C(C)(C)C)cc1C(C)(C)C)C2. The Hall–Kier alpha value is -1.16. The molecule has 0 aromatic heterocycles. The maximum atomic E-state index is 6.52. The Labute approximate surface area is 207 Å². The molecule has 1 aliphatic rings. The van der Waals surface area contributed by atoms with Crippen molar-refractivity contribution in [3.63, 3.8) is 0 Å². The molecule has 3 rings (SSSR count). The fraction of sp³-hybridized carbons (Fsp3) is 0.586. The summed E-state index contributed by atoms with van der Waals surface area (Å²) in [5.41, 5.74) is 8.15. The van der Waals surface area contributed by atoms with E-state index < -0.39 is 22.0 Å². The molecule has 1 heterocycles. The first-order valence-electron chi connectivity index (χ1n) is 11.8. The Bertz CT molecular complexity index is 924. The molecule has 2 radical (unpaired) electrons. The molecule has 174 valence electrons. The van der Waals surface area contributed by atoms with Gasteiger partial charge in [0.2, 0.25) is 0 Å². The first kappa shape index (κ1) is 25.5. The molecule has 1 aliphatic heterocycles. The summed E-state index contributed by atoms with van der Waals surface area (Å²) in [6, 6.07) is 9.51. The van der Waals surface area contributed by atoms with E-state index in [0.29, 0.717) is 0 Å². The normalized spacial score (nSPS) is 15.1. The quantitative estimate of drug-likeness (QED) is 0.318. The molecule has 0 aliphatic carbocycles. The van der Waals surface area contributed by atoms with Gasteiger partial charge < -0.3 is 0 Å². The van der Waals surface area contributed by atoms with Crippen molar-refractivity contribution in [2.45, 2.75) is 111 Å². The molecule has 0 saturated heterocycles. The van der Waals surface area contributed by atoms with Crippen LogP contribution in [-0.4, -0.2) is 22.0 Å². The van der Waals surface area contributed by atoms with Crippen molar-refractivity contribution in [3.05, 3.63) is 57.6 Å². The molecule has 0 N–H and O–H groups in total. The van der Waals surface area contributed by atoms with Crippen LogP contribution in [-0.2, 0) is 28.1 Å². The molecule has 0 saturated carbocycles. The van der Waals surface area contributed by atoms with Gasteiger partial charge in [-0.2, -0.15) is 0 Å². The Morgan fingerprint density at radius 1 is 0.531 bits per heavy atom. The third-order valence-corrected chi connectivity index (χ3v) is 7.99. The van der Waals surface area contributed by atoms with Crippen molar-refractivity contribution < 1.29 is 6.15 Å². The number of benzene rings is 2. The van der Waals surface area contributed by atoms with Gasteiger partial charge in [0.1, 0.15) is 0 Å². The van der Waals surface area contributed by atoms with Gasteiger partial charge in [0.15, 0.2) is 0 Å². The number of rotatable bonds is 0. The second-order valence-electron chi connectivity index (χ2n) is 13.5. The molecule has 0 unspecified atom stereocenters. The Morgan fingerprint density at radius 2 is 0.875 bits per heavy atom. The minimum atomic E-state index is -1.54. The molecule has 32 heavy (non-hydrogen) atoms. The minimum absolute atomic E-state index is 0.0105. The Balaban J connectivity index is 2.31. The van der Waals surface area contributed by atoms with Gasteiger partial charge in [0.05, 0.1) is 0 Å². The first-order chi connectivity index (χ1) is 14.4. The third kappa shape index (κ3) is 5.32. The van der Waals surface area contributed by atoms with Crippen LogP contribution < -0.4 is 6.15 Å². The van der Waals surface area contributed by atoms with Crippen molar-refractivity contribution in [3.8, 4) is 11.5 Å². The molecule has 0 amide bonds. The van der Waals surface area contributed by atoms with E-state index in [0.717, 1.165) is 17.9 Å². The van der Waals surface area contributed by atoms with E-state index in [1.165, 1.54) is 33.4 Å². The van der Waals surface area contributed by atoms with Gasteiger partial charge in [0.25, 0.3) is 0 Å². The van der Waals surface area contributed by atoms with Crippen LogP contribution in [0.5, 0.6) is 11.5 Å². The van der Waals surface area contributed by atoms with Crippen LogP contribution in [0.1, 0.15) is 116 Å². The molecule has 2 aromatic carbocycles. The predicted molar refractivity (Wildman–Crippen MR) is 137 cm³/mol. The van der Waals surface area contributed by atoms with Crippen molar-refractivity contribution in [1.29, 1.82) is 0 Å². The van der Waals surface area contributed by atoms with Crippen LogP contribution in [0.25, 0.3) is 0 Å². The summed E-state index contributed by atoms with van der Waals surface area (Å²) in [4.78, 5) is 0. The van der Waals surface area contributed by atoms with Gasteiger partial charge in [-0.3, -0.25) is 0 Å². The fourth-order valence-corrected chi connectivity index (χ4v) is 6.14. The number of hydrogen-bond donors (Lipinski definition) is 0. The zero-order chi connectivity index (χ0) is 24.3. The van der Waals surface area contributed by atoms with Crippen LogP contribution in [0, 0.1) is 0 Å². The molecule has 0 bridgehead atoms. The van der Waals surface area contributed by atoms with Crippen LogP contribution in [0.15, 0.2) is 24.3 Å². The maximum absolute atomic E-state index is 6.52. The monoisotopic (exact) mass is 542 g/mol. The first-order valence-corrected chi connectivity index (χ1v) is 14.2. The molecular weight excluding hydrogens is 499 g/mol. The third-order valence-electron chi connectivity index (χ3n) is 6.35. The topological polar surface area (TPSA) is 18.5 Å². The number of hydrogen-bond acceptors (Lipinski definition) is 2. The molecule has 0 atom stereocenters.